The van der Waals surface area contributed by atoms with E-state index in [9.17, 15) is 0 Å². The molecule has 2 aliphatic carbocycles. The molecule has 0 amide bonds. The second-order valence-corrected chi connectivity index (χ2v) is 41.9. The van der Waals surface area contributed by atoms with Gasteiger partial charge < -0.3 is 24.8 Å². The Hall–Kier alpha value is -0.413. The summed E-state index contributed by atoms with van der Waals surface area (Å²) in [7, 11) is 1.39. The Morgan fingerprint density at radius 1 is 0.739 bits per heavy atom. The van der Waals surface area contributed by atoms with Gasteiger partial charge in [0.25, 0.3) is 0 Å². The van der Waals surface area contributed by atoms with E-state index in [1.807, 2.05) is 0 Å². The van der Waals surface area contributed by atoms with E-state index in [2.05, 4.69) is 77.5 Å². The zero-order valence-corrected chi connectivity index (χ0v) is 20.4. The molecule has 2 aromatic rings. The van der Waals surface area contributed by atoms with Gasteiger partial charge in [0.2, 0.25) is 0 Å². The summed E-state index contributed by atoms with van der Waals surface area (Å²) in [6.07, 6.45) is 9.77. The Balaban J connectivity index is 0.000000960. The van der Waals surface area contributed by atoms with Crippen molar-refractivity contribution in [3.8, 4) is 0 Å². The van der Waals surface area contributed by atoms with Gasteiger partial charge in [-0.3, -0.25) is 0 Å². The van der Waals surface area contributed by atoms with Crippen LogP contribution in [0, 0.1) is 0 Å². The summed E-state index contributed by atoms with van der Waals surface area (Å²) in [5, 5.41) is 0. The van der Waals surface area contributed by atoms with Gasteiger partial charge in [0.15, 0.2) is 0 Å². The minimum Gasteiger partial charge on any atom is -1.00 e. The number of benzene rings is 2. The van der Waals surface area contributed by atoms with Crippen LogP contribution in [-0.4, -0.2) is 7.43 Å². The van der Waals surface area contributed by atoms with Crippen molar-refractivity contribution >= 4 is 19.6 Å². The van der Waals surface area contributed by atoms with Gasteiger partial charge in [-0.15, -0.1) is 0 Å². The summed E-state index contributed by atoms with van der Waals surface area (Å²) in [6.45, 7) is 0. The Kier molecular flexibility index (Phi) is 5.94. The van der Waals surface area contributed by atoms with Crippen molar-refractivity contribution in [3.63, 3.8) is 0 Å². The van der Waals surface area contributed by atoms with E-state index in [-0.39, 0.29) is 24.8 Å². The van der Waals surface area contributed by atoms with E-state index in [1.54, 1.807) is 11.1 Å². The van der Waals surface area contributed by atoms with Gasteiger partial charge in [-0.1, -0.05) is 0 Å². The fourth-order valence-corrected chi connectivity index (χ4v) is 25.5. The topological polar surface area (TPSA) is 0 Å². The quantitative estimate of drug-likeness (QED) is 0.399. The van der Waals surface area contributed by atoms with Crippen LogP contribution in [0.1, 0.15) is 29.6 Å². The second kappa shape index (κ2) is 7.22. The summed E-state index contributed by atoms with van der Waals surface area (Å²) in [4.78, 5) is 0. The third-order valence-corrected chi connectivity index (χ3v) is 30.5. The monoisotopic (exact) mass is 526 g/mol. The van der Waals surface area contributed by atoms with Crippen molar-refractivity contribution < 1.29 is 44.0 Å². The summed E-state index contributed by atoms with van der Waals surface area (Å²) < 4.78 is 4.22. The van der Waals surface area contributed by atoms with Crippen LogP contribution >= 0.6 is 0 Å². The Bertz CT molecular complexity index is 704. The molecule has 4 heteroatoms. The second-order valence-electron chi connectivity index (χ2n) is 6.75. The number of halogens is 2. The fraction of sp³-hybridized carbons (Fsp3) is 0.158. The molecule has 0 fully saturated rings. The molecule has 0 N–H and O–H groups in total. The molecule has 23 heavy (non-hydrogen) atoms. The molecule has 2 aliphatic rings. The maximum Gasteiger partial charge on any atom is -1.00 e. The minimum atomic E-state index is -2.39. The zero-order valence-electron chi connectivity index (χ0n) is 13.3. The molecule has 0 saturated carbocycles. The largest absolute Gasteiger partial charge is 1.00 e. The summed E-state index contributed by atoms with van der Waals surface area (Å²) in [6, 6.07) is 18.0. The molecule has 0 aromatic heterocycles. The third-order valence-electron chi connectivity index (χ3n) is 5.20. The van der Waals surface area contributed by atoms with E-state index in [4.69, 9.17) is 0 Å². The number of fused-ring (bicyclic) bond motifs is 2. The molecule has 0 radical (unpaired) electrons. The molecule has 0 aliphatic heterocycles. The molecular weight excluding hydrogens is 506 g/mol. The number of hydrogen-bond donors (Lipinski definition) is 0. The average molecular weight is 526 g/mol. The van der Waals surface area contributed by atoms with E-state index in [0.717, 1.165) is 7.35 Å². The van der Waals surface area contributed by atoms with Crippen LogP contribution < -0.4 is 24.8 Å². The predicted molar refractivity (Wildman–Crippen MR) is 92.2 cm³/mol. The molecule has 0 saturated heterocycles. The van der Waals surface area contributed by atoms with E-state index >= 15 is 0 Å². The van der Waals surface area contributed by atoms with Crippen molar-refractivity contribution in [3.05, 3.63) is 82.9 Å². The summed E-state index contributed by atoms with van der Waals surface area (Å²) in [5.74, 6) is 0. The first-order chi connectivity index (χ1) is 10.2. The molecule has 0 bridgehead atoms. The van der Waals surface area contributed by atoms with Gasteiger partial charge in [-0.05, 0) is 0 Å². The summed E-state index contributed by atoms with van der Waals surface area (Å²) >= 11 is -2.39. The van der Waals surface area contributed by atoms with Gasteiger partial charge in [0.05, 0.1) is 0 Å². The molecule has 118 valence electrons. The van der Waals surface area contributed by atoms with Crippen LogP contribution in [0.2, 0.25) is 4.68 Å². The Labute approximate surface area is 157 Å². The molecule has 2 unspecified atom stereocenters. The van der Waals surface area contributed by atoms with Crippen LogP contribution in [0.3, 0.4) is 0 Å². The number of hydrogen-bond acceptors (Lipinski definition) is 0. The molecule has 0 spiro atoms. The molecule has 2 aromatic carbocycles. The van der Waals surface area contributed by atoms with Crippen molar-refractivity contribution in [1.82, 2.24) is 0 Å². The van der Waals surface area contributed by atoms with Gasteiger partial charge in [-0.25, -0.2) is 0 Å². The average Bonchev–Trinajstić information content (AvgIpc) is 3.12. The maximum atomic E-state index is 2.69. The van der Waals surface area contributed by atoms with Crippen LogP contribution in [0.25, 0.3) is 12.2 Å². The summed E-state index contributed by atoms with van der Waals surface area (Å²) in [5.41, 5.74) is 6.13. The first-order valence-corrected chi connectivity index (χ1v) is 27.2. The van der Waals surface area contributed by atoms with Crippen molar-refractivity contribution in [1.29, 1.82) is 0 Å². The first-order valence-electron chi connectivity index (χ1n) is 7.72. The fourth-order valence-electron chi connectivity index (χ4n) is 3.99. The van der Waals surface area contributed by atoms with Crippen LogP contribution in [0.4, 0.5) is 0 Å². The molecule has 0 nitrogen and oxygen atoms in total. The standard InChI is InChI=1S/2C9H7.CH3.2ClH.Hf.H3Si/c2*1-2-5-9-7-3-6-8(9)4-1;;;;;/h2*1-7H;1H3;2*1H;;1H3/q;;;;;+2;/p-2. The van der Waals surface area contributed by atoms with Crippen LogP contribution in [0.5, 0.6) is 0 Å². The zero-order chi connectivity index (χ0) is 14.4. The molecule has 2 atom stereocenters. The smallest absolute Gasteiger partial charge is 1.00 e. The van der Waals surface area contributed by atoms with Crippen LogP contribution in [0.15, 0.2) is 60.7 Å². The van der Waals surface area contributed by atoms with Crippen molar-refractivity contribution in [2.24, 2.45) is 0 Å². The van der Waals surface area contributed by atoms with Gasteiger partial charge in [0.1, 0.15) is 0 Å². The van der Waals surface area contributed by atoms with Crippen LogP contribution in [-0.2, 0) is 19.1 Å². The molecule has 0 heterocycles. The third kappa shape index (κ3) is 3.11. The molecular formula is C19H20Cl2HfSi. The van der Waals surface area contributed by atoms with Crippen molar-refractivity contribution in [2.45, 2.75) is 12.0 Å². The number of allylic oxidation sites excluding steroid dienone is 2. The maximum absolute atomic E-state index is 2.69. The predicted octanol–water partition coefficient (Wildman–Crippen LogP) is -1.99. The Morgan fingerprint density at radius 3 is 1.57 bits per heavy atom. The van der Waals surface area contributed by atoms with E-state index in [1.165, 1.54) is 18.6 Å². The van der Waals surface area contributed by atoms with Gasteiger partial charge in [-0.2, -0.15) is 0 Å². The SMILES string of the molecule is [CH3][Hf+2]([SiH3])([CH]1C=Cc2ccccc21)[CH]1C=Cc2ccccc21.[Cl-].[Cl-]. The normalized spacial score (nSPS) is 21.3. The molecule has 4 rings (SSSR count). The van der Waals surface area contributed by atoms with E-state index in [0.29, 0.717) is 0 Å². The van der Waals surface area contributed by atoms with E-state index < -0.39 is 19.1 Å². The minimum absolute atomic E-state index is 0. The van der Waals surface area contributed by atoms with Gasteiger partial charge in [0, 0.05) is 0 Å². The van der Waals surface area contributed by atoms with Gasteiger partial charge >= 0.3 is 134 Å². The number of rotatable bonds is 2. The van der Waals surface area contributed by atoms with Crippen molar-refractivity contribution in [2.75, 3.05) is 0 Å². The Morgan fingerprint density at radius 2 is 1.13 bits per heavy atom. The first kappa shape index (κ1) is 18.9.